The normalized spacial score (nSPS) is 23.7. The van der Waals surface area contributed by atoms with E-state index in [4.69, 9.17) is 4.74 Å². The van der Waals surface area contributed by atoms with Gasteiger partial charge in [-0.3, -0.25) is 9.69 Å². The molecule has 2 fully saturated rings. The Morgan fingerprint density at radius 2 is 2.00 bits per heavy atom. The van der Waals surface area contributed by atoms with Gasteiger partial charge in [0.1, 0.15) is 18.2 Å². The molecule has 2 heterocycles. The van der Waals surface area contributed by atoms with Gasteiger partial charge in [-0.1, -0.05) is 18.2 Å². The molecule has 0 aliphatic carbocycles. The maximum atomic E-state index is 13.6. The highest BCUT2D eigenvalue weighted by Gasteiger charge is 2.43. The van der Waals surface area contributed by atoms with Crippen LogP contribution >= 0.6 is 0 Å². The Labute approximate surface area is 158 Å². The average Bonchev–Trinajstić information content (AvgIpc) is 2.64. The molecule has 142 valence electrons. The monoisotopic (exact) mass is 370 g/mol. The number of halogens is 1. The molecule has 0 radical (unpaired) electrons. The Morgan fingerprint density at radius 1 is 1.15 bits per heavy atom. The van der Waals surface area contributed by atoms with Crippen molar-refractivity contribution in [3.63, 3.8) is 0 Å². The molecule has 0 saturated carbocycles. The zero-order valence-electron chi connectivity index (χ0n) is 15.1. The van der Waals surface area contributed by atoms with Crippen LogP contribution in [0.15, 0.2) is 48.5 Å². The number of aromatic hydroxyl groups is 1. The number of ether oxygens (including phenoxy) is 1. The Balaban J connectivity index is 1.51. The Morgan fingerprint density at radius 3 is 2.81 bits per heavy atom. The molecular formula is C21H23FN2O3. The van der Waals surface area contributed by atoms with Crippen molar-refractivity contribution >= 4 is 11.6 Å². The number of likely N-dealkylation sites (tertiary alicyclic amines) is 1. The quantitative estimate of drug-likeness (QED) is 0.903. The first-order chi connectivity index (χ1) is 13.0. The number of anilines is 1. The van der Waals surface area contributed by atoms with Crippen LogP contribution in [0, 0.1) is 5.82 Å². The smallest absolute Gasteiger partial charge is 0.253 e. The minimum atomic E-state index is -0.449. The largest absolute Gasteiger partial charge is 0.508 e. The van der Waals surface area contributed by atoms with Crippen molar-refractivity contribution in [1.82, 2.24) is 4.90 Å². The fourth-order valence-corrected chi connectivity index (χ4v) is 4.08. The van der Waals surface area contributed by atoms with Crippen molar-refractivity contribution in [3.8, 4) is 5.75 Å². The minimum absolute atomic E-state index is 0.0104. The second-order valence-electron chi connectivity index (χ2n) is 7.42. The van der Waals surface area contributed by atoms with Gasteiger partial charge in [-0.25, -0.2) is 4.39 Å². The van der Waals surface area contributed by atoms with E-state index in [1.165, 1.54) is 12.1 Å². The Bertz CT molecular complexity index is 844. The summed E-state index contributed by atoms with van der Waals surface area (Å²) in [6, 6.07) is 13.4. The summed E-state index contributed by atoms with van der Waals surface area (Å²) >= 11 is 0. The van der Waals surface area contributed by atoms with E-state index in [0.29, 0.717) is 25.3 Å². The number of hydrogen-bond acceptors (Lipinski definition) is 4. The number of rotatable bonds is 3. The lowest BCUT2D eigenvalue weighted by Gasteiger charge is -2.47. The SMILES string of the molecule is O=C1COC2(CCCN(Cc3cccc(O)c3)C2)CN1c1cccc(F)c1. The molecule has 1 atom stereocenters. The third-order valence-electron chi connectivity index (χ3n) is 5.30. The van der Waals surface area contributed by atoms with Crippen LogP contribution in [0.1, 0.15) is 18.4 Å². The highest BCUT2D eigenvalue weighted by molar-refractivity contribution is 5.95. The summed E-state index contributed by atoms with van der Waals surface area (Å²) in [5.41, 5.74) is 1.17. The van der Waals surface area contributed by atoms with E-state index in [1.807, 2.05) is 12.1 Å². The van der Waals surface area contributed by atoms with Crippen molar-refractivity contribution in [2.24, 2.45) is 0 Å². The first-order valence-electron chi connectivity index (χ1n) is 9.23. The average molecular weight is 370 g/mol. The maximum Gasteiger partial charge on any atom is 0.253 e. The lowest BCUT2D eigenvalue weighted by Crippen LogP contribution is -2.61. The molecule has 2 aliphatic heterocycles. The van der Waals surface area contributed by atoms with Gasteiger partial charge in [-0.05, 0) is 55.3 Å². The number of benzene rings is 2. The van der Waals surface area contributed by atoms with Crippen LogP contribution in [0.5, 0.6) is 5.75 Å². The standard InChI is InChI=1S/C21H23FN2O3/c22-17-5-2-6-18(11-17)24-15-21(27-13-20(24)26)8-3-9-23(14-21)12-16-4-1-7-19(25)10-16/h1-2,4-7,10-11,25H,3,8-9,12-15H2. The molecule has 2 aliphatic rings. The van der Waals surface area contributed by atoms with E-state index in [2.05, 4.69) is 4.90 Å². The lowest BCUT2D eigenvalue weighted by atomic mass is 9.90. The summed E-state index contributed by atoms with van der Waals surface area (Å²) in [7, 11) is 0. The van der Waals surface area contributed by atoms with Crippen molar-refractivity contribution in [2.45, 2.75) is 25.0 Å². The van der Waals surface area contributed by atoms with Crippen LogP contribution in [0.25, 0.3) is 0 Å². The fourth-order valence-electron chi connectivity index (χ4n) is 4.08. The van der Waals surface area contributed by atoms with E-state index in [9.17, 15) is 14.3 Å². The topological polar surface area (TPSA) is 53.0 Å². The van der Waals surface area contributed by atoms with Crippen molar-refractivity contribution in [3.05, 3.63) is 59.9 Å². The van der Waals surface area contributed by atoms with E-state index < -0.39 is 5.60 Å². The van der Waals surface area contributed by atoms with Crippen LogP contribution in [0.4, 0.5) is 10.1 Å². The van der Waals surface area contributed by atoms with Crippen LogP contribution in [0.3, 0.4) is 0 Å². The predicted octanol–water partition coefficient (Wildman–Crippen LogP) is 2.93. The van der Waals surface area contributed by atoms with Crippen LogP contribution in [-0.4, -0.2) is 47.8 Å². The van der Waals surface area contributed by atoms with Gasteiger partial charge in [0.2, 0.25) is 0 Å². The number of nitrogens with zero attached hydrogens (tertiary/aromatic N) is 2. The van der Waals surface area contributed by atoms with Gasteiger partial charge in [0.05, 0.1) is 12.1 Å². The molecule has 6 heteroatoms. The van der Waals surface area contributed by atoms with E-state index in [0.717, 1.165) is 24.9 Å². The van der Waals surface area contributed by atoms with Gasteiger partial charge >= 0.3 is 0 Å². The molecule has 5 nitrogen and oxygen atoms in total. The van der Waals surface area contributed by atoms with E-state index in [-0.39, 0.29) is 24.1 Å². The fraction of sp³-hybridized carbons (Fsp3) is 0.381. The number of morpholine rings is 1. The van der Waals surface area contributed by atoms with Crippen molar-refractivity contribution in [2.75, 3.05) is 31.1 Å². The van der Waals surface area contributed by atoms with Crippen molar-refractivity contribution < 1.29 is 19.0 Å². The van der Waals surface area contributed by atoms with Gasteiger partial charge in [0, 0.05) is 18.8 Å². The zero-order valence-corrected chi connectivity index (χ0v) is 15.1. The molecule has 1 unspecified atom stereocenters. The van der Waals surface area contributed by atoms with Crippen LogP contribution in [-0.2, 0) is 16.1 Å². The van der Waals surface area contributed by atoms with Gasteiger partial charge < -0.3 is 14.7 Å². The first-order valence-corrected chi connectivity index (χ1v) is 9.23. The summed E-state index contributed by atoms with van der Waals surface area (Å²) in [5.74, 6) is -0.234. The summed E-state index contributed by atoms with van der Waals surface area (Å²) < 4.78 is 19.6. The third kappa shape index (κ3) is 3.96. The lowest BCUT2D eigenvalue weighted by molar-refractivity contribution is -0.146. The van der Waals surface area contributed by atoms with Crippen LogP contribution in [0.2, 0.25) is 0 Å². The predicted molar refractivity (Wildman–Crippen MR) is 100 cm³/mol. The number of piperidine rings is 1. The molecule has 1 amide bonds. The summed E-state index contributed by atoms with van der Waals surface area (Å²) in [6.45, 7) is 2.78. The molecule has 4 rings (SSSR count). The summed E-state index contributed by atoms with van der Waals surface area (Å²) in [5, 5.41) is 9.68. The van der Waals surface area contributed by atoms with E-state index in [1.54, 1.807) is 29.2 Å². The molecule has 0 aromatic heterocycles. The highest BCUT2D eigenvalue weighted by atomic mass is 19.1. The Kier molecular flexibility index (Phi) is 4.85. The second kappa shape index (κ2) is 7.29. The molecule has 27 heavy (non-hydrogen) atoms. The molecule has 1 spiro atoms. The number of phenols is 1. The maximum absolute atomic E-state index is 13.6. The van der Waals surface area contributed by atoms with Gasteiger partial charge in [-0.2, -0.15) is 0 Å². The first kappa shape index (κ1) is 17.9. The number of carbonyl (C=O) groups excluding carboxylic acids is 1. The second-order valence-corrected chi connectivity index (χ2v) is 7.42. The number of hydrogen-bond donors (Lipinski definition) is 1. The third-order valence-corrected chi connectivity index (χ3v) is 5.30. The summed E-state index contributed by atoms with van der Waals surface area (Å²) in [4.78, 5) is 16.3. The molecule has 2 saturated heterocycles. The van der Waals surface area contributed by atoms with Crippen LogP contribution < -0.4 is 4.90 Å². The van der Waals surface area contributed by atoms with E-state index >= 15 is 0 Å². The van der Waals surface area contributed by atoms with Gasteiger partial charge in [0.25, 0.3) is 5.91 Å². The number of amides is 1. The van der Waals surface area contributed by atoms with Crippen molar-refractivity contribution in [1.29, 1.82) is 0 Å². The zero-order chi connectivity index (χ0) is 18.9. The molecule has 2 aromatic carbocycles. The highest BCUT2D eigenvalue weighted by Crippen LogP contribution is 2.32. The van der Waals surface area contributed by atoms with Gasteiger partial charge in [0.15, 0.2) is 0 Å². The molecular weight excluding hydrogens is 347 g/mol. The Hall–Kier alpha value is -2.44. The minimum Gasteiger partial charge on any atom is -0.508 e. The van der Waals surface area contributed by atoms with Gasteiger partial charge in [-0.15, -0.1) is 0 Å². The molecule has 0 bridgehead atoms. The molecule has 1 N–H and O–H groups in total. The summed E-state index contributed by atoms with van der Waals surface area (Å²) in [6.07, 6.45) is 1.83. The number of phenolic OH excluding ortho intramolecular Hbond substituents is 1. The number of carbonyl (C=O) groups is 1. The molecule has 2 aromatic rings.